The van der Waals surface area contributed by atoms with E-state index in [0.29, 0.717) is 25.6 Å². The Morgan fingerprint density at radius 3 is 2.25 bits per heavy atom. The highest BCUT2D eigenvalue weighted by Crippen LogP contribution is 2.19. The molecule has 2 aliphatic rings. The Bertz CT molecular complexity index is 385. The first-order valence-electron chi connectivity index (χ1n) is 7.71. The molecule has 2 fully saturated rings. The highest BCUT2D eigenvalue weighted by molar-refractivity contribution is 7.87. The highest BCUT2D eigenvalue weighted by Gasteiger charge is 2.29. The summed E-state index contributed by atoms with van der Waals surface area (Å²) in [5, 5.41) is 0. The van der Waals surface area contributed by atoms with Gasteiger partial charge >= 0.3 is 0 Å². The maximum Gasteiger partial charge on any atom is 0.279 e. The Kier molecular flexibility index (Phi) is 5.80. The molecule has 0 atom stereocenters. The molecule has 6 nitrogen and oxygen atoms in total. The van der Waals surface area contributed by atoms with Crippen LogP contribution in [0.2, 0.25) is 0 Å². The van der Waals surface area contributed by atoms with Crippen molar-refractivity contribution in [3.63, 3.8) is 0 Å². The van der Waals surface area contributed by atoms with Crippen molar-refractivity contribution in [2.75, 3.05) is 39.3 Å². The standard InChI is InChI=1S/C13H28N4O2S/c1-12-2-9-17(10-3-12)20(18,19)15-13-4-7-16(8-5-13)11-6-14/h12-13,15H,2-11,14H2,1H3. The third kappa shape index (κ3) is 4.39. The molecular weight excluding hydrogens is 276 g/mol. The second kappa shape index (κ2) is 7.17. The van der Waals surface area contributed by atoms with Gasteiger partial charge in [-0.05, 0) is 44.7 Å². The van der Waals surface area contributed by atoms with Crippen molar-refractivity contribution in [3.05, 3.63) is 0 Å². The number of rotatable bonds is 5. The summed E-state index contributed by atoms with van der Waals surface area (Å²) < 4.78 is 29.2. The summed E-state index contributed by atoms with van der Waals surface area (Å²) in [5.41, 5.74) is 5.54. The number of hydrogen-bond acceptors (Lipinski definition) is 4. The minimum absolute atomic E-state index is 0.0772. The molecule has 0 aromatic heterocycles. The highest BCUT2D eigenvalue weighted by atomic mass is 32.2. The number of piperidine rings is 2. The largest absolute Gasteiger partial charge is 0.329 e. The van der Waals surface area contributed by atoms with Crippen molar-refractivity contribution in [1.82, 2.24) is 13.9 Å². The molecule has 2 heterocycles. The second-order valence-corrected chi connectivity index (χ2v) is 7.81. The van der Waals surface area contributed by atoms with E-state index in [0.717, 1.165) is 45.3 Å². The number of nitrogens with two attached hydrogens (primary N) is 1. The van der Waals surface area contributed by atoms with E-state index in [4.69, 9.17) is 5.73 Å². The van der Waals surface area contributed by atoms with Crippen LogP contribution in [0.3, 0.4) is 0 Å². The first-order chi connectivity index (χ1) is 9.51. The average molecular weight is 304 g/mol. The SMILES string of the molecule is CC1CCN(S(=O)(=O)NC2CCN(CCN)CC2)CC1. The fraction of sp³-hybridized carbons (Fsp3) is 1.00. The molecule has 0 saturated carbocycles. The molecule has 0 amide bonds. The van der Waals surface area contributed by atoms with Gasteiger partial charge < -0.3 is 10.6 Å². The monoisotopic (exact) mass is 304 g/mol. The van der Waals surface area contributed by atoms with Crippen molar-refractivity contribution in [2.45, 2.75) is 38.6 Å². The van der Waals surface area contributed by atoms with Gasteiger partial charge in [0.15, 0.2) is 0 Å². The summed E-state index contributed by atoms with van der Waals surface area (Å²) in [6.45, 7) is 6.93. The van der Waals surface area contributed by atoms with E-state index < -0.39 is 10.2 Å². The summed E-state index contributed by atoms with van der Waals surface area (Å²) in [6.07, 6.45) is 3.69. The summed E-state index contributed by atoms with van der Waals surface area (Å²) in [5.74, 6) is 0.640. The normalized spacial score (nSPS) is 25.1. The van der Waals surface area contributed by atoms with Crippen LogP contribution in [0.1, 0.15) is 32.6 Å². The van der Waals surface area contributed by atoms with E-state index in [1.807, 2.05) is 0 Å². The Labute approximate surface area is 122 Å². The molecule has 2 aliphatic heterocycles. The third-order valence-corrected chi connectivity index (χ3v) is 6.11. The van der Waals surface area contributed by atoms with Crippen LogP contribution in [0.15, 0.2) is 0 Å². The molecule has 0 aliphatic carbocycles. The average Bonchev–Trinajstić information content (AvgIpc) is 2.41. The van der Waals surface area contributed by atoms with Gasteiger partial charge in [-0.15, -0.1) is 0 Å². The van der Waals surface area contributed by atoms with Crippen LogP contribution in [-0.4, -0.2) is 62.9 Å². The lowest BCUT2D eigenvalue weighted by Crippen LogP contribution is -2.51. The van der Waals surface area contributed by atoms with Gasteiger partial charge in [-0.3, -0.25) is 0 Å². The maximum atomic E-state index is 12.3. The van der Waals surface area contributed by atoms with E-state index >= 15 is 0 Å². The fourth-order valence-corrected chi connectivity index (χ4v) is 4.46. The summed E-state index contributed by atoms with van der Waals surface area (Å²) in [7, 11) is -3.30. The summed E-state index contributed by atoms with van der Waals surface area (Å²) in [4.78, 5) is 2.30. The third-order valence-electron chi connectivity index (χ3n) is 4.43. The minimum atomic E-state index is -3.30. The quantitative estimate of drug-likeness (QED) is 0.748. The first-order valence-corrected chi connectivity index (χ1v) is 9.15. The Morgan fingerprint density at radius 1 is 1.10 bits per heavy atom. The van der Waals surface area contributed by atoms with E-state index in [2.05, 4.69) is 16.5 Å². The van der Waals surface area contributed by atoms with E-state index in [9.17, 15) is 8.42 Å². The van der Waals surface area contributed by atoms with Crippen molar-refractivity contribution < 1.29 is 8.42 Å². The van der Waals surface area contributed by atoms with E-state index in [1.165, 1.54) is 0 Å². The Hall–Kier alpha value is -0.210. The Morgan fingerprint density at radius 2 is 1.70 bits per heavy atom. The molecule has 0 bridgehead atoms. The van der Waals surface area contributed by atoms with Crippen LogP contribution >= 0.6 is 0 Å². The molecule has 2 saturated heterocycles. The van der Waals surface area contributed by atoms with Gasteiger partial charge in [-0.25, -0.2) is 0 Å². The summed E-state index contributed by atoms with van der Waals surface area (Å²) >= 11 is 0. The predicted octanol–water partition coefficient (Wildman–Crippen LogP) is -0.0242. The topological polar surface area (TPSA) is 78.7 Å². The zero-order chi connectivity index (χ0) is 14.6. The zero-order valence-electron chi connectivity index (χ0n) is 12.4. The lowest BCUT2D eigenvalue weighted by Gasteiger charge is -2.34. The number of nitrogens with zero attached hydrogens (tertiary/aromatic N) is 2. The van der Waals surface area contributed by atoms with Gasteiger partial charge in [-0.1, -0.05) is 6.92 Å². The van der Waals surface area contributed by atoms with Crippen molar-refractivity contribution >= 4 is 10.2 Å². The van der Waals surface area contributed by atoms with Crippen LogP contribution < -0.4 is 10.5 Å². The van der Waals surface area contributed by atoms with Crippen LogP contribution in [0.5, 0.6) is 0 Å². The van der Waals surface area contributed by atoms with Gasteiger partial charge in [0.1, 0.15) is 0 Å². The number of likely N-dealkylation sites (tertiary alicyclic amines) is 1. The van der Waals surface area contributed by atoms with E-state index in [-0.39, 0.29) is 6.04 Å². The molecule has 7 heteroatoms. The van der Waals surface area contributed by atoms with Gasteiger partial charge in [0.05, 0.1) is 0 Å². The first kappa shape index (κ1) is 16.2. The fourth-order valence-electron chi connectivity index (χ4n) is 2.97. The van der Waals surface area contributed by atoms with Crippen molar-refractivity contribution in [2.24, 2.45) is 11.7 Å². The van der Waals surface area contributed by atoms with Crippen molar-refractivity contribution in [3.8, 4) is 0 Å². The predicted molar refractivity (Wildman–Crippen MR) is 80.5 cm³/mol. The van der Waals surface area contributed by atoms with Crippen LogP contribution in [0, 0.1) is 5.92 Å². The van der Waals surface area contributed by atoms with Crippen LogP contribution in [-0.2, 0) is 10.2 Å². The lowest BCUT2D eigenvalue weighted by molar-refractivity contribution is 0.209. The van der Waals surface area contributed by atoms with E-state index in [1.54, 1.807) is 4.31 Å². The second-order valence-electron chi connectivity index (χ2n) is 6.11. The number of nitrogens with one attached hydrogen (secondary N) is 1. The van der Waals surface area contributed by atoms with Crippen LogP contribution in [0.4, 0.5) is 0 Å². The molecule has 2 rings (SSSR count). The molecule has 118 valence electrons. The van der Waals surface area contributed by atoms with Gasteiger partial charge in [-0.2, -0.15) is 17.4 Å². The lowest BCUT2D eigenvalue weighted by atomic mass is 10.0. The molecule has 0 unspecified atom stereocenters. The molecule has 0 aromatic rings. The summed E-state index contributed by atoms with van der Waals surface area (Å²) in [6, 6.07) is 0.0772. The van der Waals surface area contributed by atoms with Crippen LogP contribution in [0.25, 0.3) is 0 Å². The van der Waals surface area contributed by atoms with Crippen molar-refractivity contribution in [1.29, 1.82) is 0 Å². The Balaban J connectivity index is 1.80. The molecular formula is C13H28N4O2S. The van der Waals surface area contributed by atoms with Gasteiger partial charge in [0, 0.05) is 32.2 Å². The minimum Gasteiger partial charge on any atom is -0.329 e. The maximum absolute atomic E-state index is 12.3. The van der Waals surface area contributed by atoms with Gasteiger partial charge in [0.25, 0.3) is 10.2 Å². The number of hydrogen-bond donors (Lipinski definition) is 2. The molecule has 0 spiro atoms. The molecule has 0 radical (unpaired) electrons. The molecule has 3 N–H and O–H groups in total. The zero-order valence-corrected chi connectivity index (χ0v) is 13.2. The molecule has 0 aromatic carbocycles. The van der Waals surface area contributed by atoms with Gasteiger partial charge in [0.2, 0.25) is 0 Å². The molecule has 20 heavy (non-hydrogen) atoms. The smallest absolute Gasteiger partial charge is 0.279 e.